The van der Waals surface area contributed by atoms with E-state index in [4.69, 9.17) is 4.42 Å². The van der Waals surface area contributed by atoms with E-state index in [9.17, 15) is 4.79 Å². The number of aryl methyl sites for hydroxylation is 1. The summed E-state index contributed by atoms with van der Waals surface area (Å²) in [6.07, 6.45) is 3.36. The Labute approximate surface area is 115 Å². The maximum absolute atomic E-state index is 12.1. The Balaban J connectivity index is 2.03. The second-order valence-electron chi connectivity index (χ2n) is 4.36. The summed E-state index contributed by atoms with van der Waals surface area (Å²) in [4.78, 5) is 20.4. The van der Waals surface area contributed by atoms with E-state index in [1.165, 1.54) is 12.7 Å². The maximum Gasteiger partial charge on any atom is 0.277 e. The Morgan fingerprint density at radius 1 is 1.35 bits per heavy atom. The molecule has 5 nitrogen and oxygen atoms in total. The maximum atomic E-state index is 12.1. The van der Waals surface area contributed by atoms with Crippen LogP contribution in [-0.2, 0) is 6.42 Å². The van der Waals surface area contributed by atoms with Gasteiger partial charge in [0.05, 0.1) is 11.2 Å². The zero-order chi connectivity index (χ0) is 13.9. The Bertz CT molecular complexity index is 751. The molecule has 2 aromatic heterocycles. The van der Waals surface area contributed by atoms with E-state index in [1.807, 2.05) is 37.3 Å². The van der Waals surface area contributed by atoms with Gasteiger partial charge in [0.2, 0.25) is 0 Å². The number of nitrogens with one attached hydrogen (secondary N) is 1. The minimum Gasteiger partial charge on any atom is -0.451 e. The molecule has 100 valence electrons. The number of pyridine rings is 1. The molecule has 0 aliphatic heterocycles. The third-order valence-electron chi connectivity index (χ3n) is 3.04. The highest BCUT2D eigenvalue weighted by atomic mass is 16.3. The normalized spacial score (nSPS) is 10.7. The van der Waals surface area contributed by atoms with Crippen LogP contribution in [0, 0.1) is 0 Å². The lowest BCUT2D eigenvalue weighted by molar-refractivity contribution is 0.102. The average Bonchev–Trinajstić information content (AvgIpc) is 3.01. The molecule has 0 radical (unpaired) electrons. The number of carbonyl (C=O) groups excluding carboxylic acids is 1. The first kappa shape index (κ1) is 12.3. The minimum atomic E-state index is -0.294. The fourth-order valence-corrected chi connectivity index (χ4v) is 2.03. The second-order valence-corrected chi connectivity index (χ2v) is 4.36. The Morgan fingerprint density at radius 2 is 2.20 bits per heavy atom. The van der Waals surface area contributed by atoms with Gasteiger partial charge in [0.15, 0.2) is 12.1 Å². The smallest absolute Gasteiger partial charge is 0.277 e. The largest absolute Gasteiger partial charge is 0.451 e. The SMILES string of the molecule is CCc1cc(NC(=O)c2cocn2)c2ccccc2n1. The van der Waals surface area contributed by atoms with Crippen molar-refractivity contribution in [1.29, 1.82) is 0 Å². The van der Waals surface area contributed by atoms with Crippen LogP contribution in [0.2, 0.25) is 0 Å². The molecule has 3 aromatic rings. The molecule has 0 atom stereocenters. The van der Waals surface area contributed by atoms with E-state index in [0.29, 0.717) is 0 Å². The Morgan fingerprint density at radius 3 is 2.95 bits per heavy atom. The second kappa shape index (κ2) is 5.13. The van der Waals surface area contributed by atoms with Gasteiger partial charge >= 0.3 is 0 Å². The molecule has 0 unspecified atom stereocenters. The minimum absolute atomic E-state index is 0.254. The van der Waals surface area contributed by atoms with Crippen LogP contribution >= 0.6 is 0 Å². The summed E-state index contributed by atoms with van der Waals surface area (Å²) in [5, 5.41) is 3.76. The van der Waals surface area contributed by atoms with Gasteiger partial charge in [-0.2, -0.15) is 0 Å². The van der Waals surface area contributed by atoms with Crippen LogP contribution < -0.4 is 5.32 Å². The molecule has 0 spiro atoms. The fraction of sp³-hybridized carbons (Fsp3) is 0.133. The van der Waals surface area contributed by atoms with Crippen molar-refractivity contribution < 1.29 is 9.21 Å². The molecule has 1 aromatic carbocycles. The summed E-state index contributed by atoms with van der Waals surface area (Å²) < 4.78 is 4.82. The van der Waals surface area contributed by atoms with Crippen molar-refractivity contribution in [3.05, 3.63) is 54.4 Å². The number of fused-ring (bicyclic) bond motifs is 1. The molecule has 20 heavy (non-hydrogen) atoms. The van der Waals surface area contributed by atoms with Crippen molar-refractivity contribution in [3.8, 4) is 0 Å². The van der Waals surface area contributed by atoms with Gasteiger partial charge in [-0.15, -0.1) is 0 Å². The molecule has 0 saturated carbocycles. The standard InChI is InChI=1S/C15H13N3O2/c1-2-10-7-13(11-5-3-4-6-12(11)17-10)18-15(19)14-8-20-9-16-14/h3-9H,2H2,1H3,(H,17,18,19). The summed E-state index contributed by atoms with van der Waals surface area (Å²) in [5.74, 6) is -0.294. The molecular weight excluding hydrogens is 254 g/mol. The molecule has 0 aliphatic carbocycles. The molecule has 0 aliphatic rings. The van der Waals surface area contributed by atoms with Gasteiger partial charge in [-0.05, 0) is 18.6 Å². The Hall–Kier alpha value is -2.69. The van der Waals surface area contributed by atoms with Crippen molar-refractivity contribution in [2.75, 3.05) is 5.32 Å². The zero-order valence-corrected chi connectivity index (χ0v) is 11.0. The number of rotatable bonds is 3. The van der Waals surface area contributed by atoms with Crippen molar-refractivity contribution in [2.24, 2.45) is 0 Å². The van der Waals surface area contributed by atoms with Gasteiger partial charge in [0.1, 0.15) is 6.26 Å². The number of hydrogen-bond donors (Lipinski definition) is 1. The van der Waals surface area contributed by atoms with E-state index < -0.39 is 0 Å². The lowest BCUT2D eigenvalue weighted by Crippen LogP contribution is -2.13. The molecule has 0 bridgehead atoms. The monoisotopic (exact) mass is 267 g/mol. The number of carbonyl (C=O) groups is 1. The summed E-state index contributed by atoms with van der Waals surface area (Å²) >= 11 is 0. The zero-order valence-electron chi connectivity index (χ0n) is 11.0. The van der Waals surface area contributed by atoms with Gasteiger partial charge in [-0.3, -0.25) is 9.78 Å². The third kappa shape index (κ3) is 2.25. The van der Waals surface area contributed by atoms with Crippen LogP contribution in [0.3, 0.4) is 0 Å². The van der Waals surface area contributed by atoms with Gasteiger partial charge < -0.3 is 9.73 Å². The van der Waals surface area contributed by atoms with Crippen molar-refractivity contribution in [1.82, 2.24) is 9.97 Å². The number of para-hydroxylation sites is 1. The third-order valence-corrected chi connectivity index (χ3v) is 3.04. The van der Waals surface area contributed by atoms with Gasteiger partial charge in [-0.25, -0.2) is 4.98 Å². The average molecular weight is 267 g/mol. The van der Waals surface area contributed by atoms with E-state index in [0.717, 1.165) is 28.7 Å². The van der Waals surface area contributed by atoms with E-state index in [1.54, 1.807) is 0 Å². The molecule has 5 heteroatoms. The summed E-state index contributed by atoms with van der Waals surface area (Å²) in [5.41, 5.74) is 2.78. The number of amides is 1. The topological polar surface area (TPSA) is 68.0 Å². The van der Waals surface area contributed by atoms with Crippen LogP contribution in [-0.4, -0.2) is 15.9 Å². The first-order valence-electron chi connectivity index (χ1n) is 6.36. The van der Waals surface area contributed by atoms with Gasteiger partial charge in [0.25, 0.3) is 5.91 Å². The van der Waals surface area contributed by atoms with Crippen LogP contribution in [0.15, 0.2) is 47.4 Å². The molecule has 3 rings (SSSR count). The first-order valence-corrected chi connectivity index (χ1v) is 6.36. The summed E-state index contributed by atoms with van der Waals surface area (Å²) in [6, 6.07) is 9.60. The number of aromatic nitrogens is 2. The van der Waals surface area contributed by atoms with E-state index in [-0.39, 0.29) is 11.6 Å². The number of anilines is 1. The highest BCUT2D eigenvalue weighted by Crippen LogP contribution is 2.23. The number of oxazole rings is 1. The molecule has 1 N–H and O–H groups in total. The van der Waals surface area contributed by atoms with Crippen LogP contribution in [0.25, 0.3) is 10.9 Å². The molecule has 2 heterocycles. The summed E-state index contributed by atoms with van der Waals surface area (Å²) in [7, 11) is 0. The Kier molecular flexibility index (Phi) is 3.16. The van der Waals surface area contributed by atoms with Gasteiger partial charge in [-0.1, -0.05) is 25.1 Å². The molecule has 1 amide bonds. The highest BCUT2D eigenvalue weighted by molar-refractivity contribution is 6.07. The summed E-state index contributed by atoms with van der Waals surface area (Å²) in [6.45, 7) is 2.03. The first-order chi connectivity index (χ1) is 9.78. The molecule has 0 fully saturated rings. The molecular formula is C15H13N3O2. The highest BCUT2D eigenvalue weighted by Gasteiger charge is 2.12. The number of benzene rings is 1. The fourth-order valence-electron chi connectivity index (χ4n) is 2.03. The van der Waals surface area contributed by atoms with Crippen LogP contribution in [0.4, 0.5) is 5.69 Å². The van der Waals surface area contributed by atoms with Crippen molar-refractivity contribution in [3.63, 3.8) is 0 Å². The van der Waals surface area contributed by atoms with E-state index in [2.05, 4.69) is 15.3 Å². The van der Waals surface area contributed by atoms with Crippen molar-refractivity contribution >= 4 is 22.5 Å². The van der Waals surface area contributed by atoms with Crippen LogP contribution in [0.5, 0.6) is 0 Å². The van der Waals surface area contributed by atoms with Crippen molar-refractivity contribution in [2.45, 2.75) is 13.3 Å². The predicted octanol–water partition coefficient (Wildman–Crippen LogP) is 3.04. The number of hydrogen-bond acceptors (Lipinski definition) is 4. The van der Waals surface area contributed by atoms with Crippen LogP contribution in [0.1, 0.15) is 23.1 Å². The van der Waals surface area contributed by atoms with E-state index >= 15 is 0 Å². The predicted molar refractivity (Wildman–Crippen MR) is 75.6 cm³/mol. The number of nitrogens with zero attached hydrogens (tertiary/aromatic N) is 2. The molecule has 0 saturated heterocycles. The lowest BCUT2D eigenvalue weighted by Gasteiger charge is -2.09. The lowest BCUT2D eigenvalue weighted by atomic mass is 10.1. The van der Waals surface area contributed by atoms with Gasteiger partial charge in [0, 0.05) is 11.1 Å². The quantitative estimate of drug-likeness (QED) is 0.792.